The molecule has 4 rings (SSSR count). The summed E-state index contributed by atoms with van der Waals surface area (Å²) in [7, 11) is 0. The lowest BCUT2D eigenvalue weighted by Crippen LogP contribution is -2.63. The number of dihydropyridines is 1. The molecule has 0 spiro atoms. The summed E-state index contributed by atoms with van der Waals surface area (Å²) in [5.41, 5.74) is -3.72. The van der Waals surface area contributed by atoms with Crippen molar-refractivity contribution >= 4 is 29.2 Å². The third-order valence-electron chi connectivity index (χ3n) is 9.64. The number of hydrogen-bond donors (Lipinski definition) is 5. The Balaban J connectivity index is 1.63. The largest absolute Gasteiger partial charge is 0.481 e. The summed E-state index contributed by atoms with van der Waals surface area (Å²) in [6.07, 6.45) is 5.59. The van der Waals surface area contributed by atoms with Gasteiger partial charge in [-0.1, -0.05) is 42.5 Å². The number of benzene rings is 1. The molecule has 2 aromatic rings. The first-order valence-corrected chi connectivity index (χ1v) is 16.1. The summed E-state index contributed by atoms with van der Waals surface area (Å²) >= 11 is 1.15. The van der Waals surface area contributed by atoms with Crippen LogP contribution in [0, 0.1) is 16.5 Å². The molecule has 1 aromatic heterocycles. The van der Waals surface area contributed by atoms with Gasteiger partial charge in [-0.05, 0) is 76.8 Å². The van der Waals surface area contributed by atoms with E-state index < -0.39 is 46.9 Å². The quantitative estimate of drug-likeness (QED) is 0.179. The van der Waals surface area contributed by atoms with Gasteiger partial charge >= 0.3 is 17.9 Å². The molecule has 0 saturated carbocycles. The van der Waals surface area contributed by atoms with Crippen molar-refractivity contribution in [1.29, 1.82) is 0 Å². The third-order valence-corrected chi connectivity index (χ3v) is 10.6. The van der Waals surface area contributed by atoms with E-state index in [9.17, 15) is 39.2 Å². The number of hydrogen-bond acceptors (Lipinski definition) is 8. The van der Waals surface area contributed by atoms with Gasteiger partial charge in [0.15, 0.2) is 10.7 Å². The zero-order valence-corrected chi connectivity index (χ0v) is 27.3. The van der Waals surface area contributed by atoms with Gasteiger partial charge in [-0.3, -0.25) is 14.5 Å². The van der Waals surface area contributed by atoms with Crippen LogP contribution in [0.2, 0.25) is 0 Å². The lowest BCUT2D eigenvalue weighted by atomic mass is 9.70. The molecule has 46 heavy (non-hydrogen) atoms. The molecule has 2 aliphatic rings. The van der Waals surface area contributed by atoms with Crippen LogP contribution in [0.3, 0.4) is 0 Å². The standard InChI is InChI=1S/C34H43FN2O8S/c1-5-45-28(22-9-7-6-8-10-22)33(16-14-24-11-12-25(35)46-24)17-18-37(21-33)31(2,3)23-13-15-32(4,36-20-23)27(29(40)41)34(44,30(42)43)19-26(38)39/h6-13,15,20,27-28,36,44H,5,14,16-19,21H2,1-4H3,(H,38,39)(H,40,41)(H,42,43)/t27?,28-,32?,33-,34?/m1/s1. The van der Waals surface area contributed by atoms with E-state index in [2.05, 4.69) is 22.3 Å². The Kier molecular flexibility index (Phi) is 10.5. The maximum absolute atomic E-state index is 13.9. The minimum atomic E-state index is -3.07. The number of thiophene rings is 1. The van der Waals surface area contributed by atoms with E-state index in [0.717, 1.165) is 46.7 Å². The van der Waals surface area contributed by atoms with Crippen LogP contribution in [0.4, 0.5) is 4.39 Å². The van der Waals surface area contributed by atoms with Crippen molar-refractivity contribution in [3.05, 3.63) is 82.0 Å². The third kappa shape index (κ3) is 7.05. The highest BCUT2D eigenvalue weighted by Crippen LogP contribution is 2.50. The van der Waals surface area contributed by atoms with E-state index in [0.29, 0.717) is 19.6 Å². The van der Waals surface area contributed by atoms with E-state index >= 15 is 0 Å². The van der Waals surface area contributed by atoms with E-state index in [-0.39, 0.29) is 16.6 Å². The van der Waals surface area contributed by atoms with E-state index in [4.69, 9.17) is 4.74 Å². The summed E-state index contributed by atoms with van der Waals surface area (Å²) in [6, 6.07) is 13.4. The zero-order valence-electron chi connectivity index (χ0n) is 26.5. The topological polar surface area (TPSA) is 157 Å². The molecule has 3 unspecified atom stereocenters. The Morgan fingerprint density at radius 2 is 1.83 bits per heavy atom. The Hall–Kier alpha value is -3.58. The molecule has 1 saturated heterocycles. The Labute approximate surface area is 272 Å². The average molecular weight is 659 g/mol. The highest BCUT2D eigenvalue weighted by atomic mass is 32.1. The molecule has 5 N–H and O–H groups in total. The first-order chi connectivity index (χ1) is 21.6. The molecule has 0 aliphatic carbocycles. The normalized spacial score (nSPS) is 24.4. The molecule has 250 valence electrons. The number of nitrogens with one attached hydrogen (secondary N) is 1. The summed E-state index contributed by atoms with van der Waals surface area (Å²) in [5.74, 6) is -7.25. The summed E-state index contributed by atoms with van der Waals surface area (Å²) in [5, 5.41) is 42.7. The summed E-state index contributed by atoms with van der Waals surface area (Å²) in [6.45, 7) is 9.38. The monoisotopic (exact) mass is 658 g/mol. The van der Waals surface area contributed by atoms with Gasteiger partial charge in [0.25, 0.3) is 0 Å². The number of carboxylic acid groups (broad SMARTS) is 3. The van der Waals surface area contributed by atoms with Gasteiger partial charge in [-0.2, -0.15) is 4.39 Å². The minimum Gasteiger partial charge on any atom is -0.481 e. The number of halogens is 1. The molecule has 3 heterocycles. The molecule has 0 bridgehead atoms. The van der Waals surface area contributed by atoms with Crippen LogP contribution in [0.5, 0.6) is 0 Å². The van der Waals surface area contributed by atoms with E-state index in [1.54, 1.807) is 12.3 Å². The lowest BCUT2D eigenvalue weighted by molar-refractivity contribution is -0.182. The number of aliphatic hydroxyl groups is 1. The van der Waals surface area contributed by atoms with Crippen molar-refractivity contribution in [2.24, 2.45) is 11.3 Å². The first kappa shape index (κ1) is 35.3. The molecular formula is C34H43FN2O8S. The molecule has 10 nitrogen and oxygen atoms in total. The second-order valence-electron chi connectivity index (χ2n) is 13.0. The highest BCUT2D eigenvalue weighted by Gasteiger charge is 2.58. The number of rotatable bonds is 15. The fraction of sp³-hybridized carbons (Fsp3) is 0.500. The predicted molar refractivity (Wildman–Crippen MR) is 171 cm³/mol. The fourth-order valence-corrected chi connectivity index (χ4v) is 7.75. The molecule has 1 aromatic carbocycles. The van der Waals surface area contributed by atoms with Gasteiger partial charge in [0.05, 0.1) is 18.1 Å². The van der Waals surface area contributed by atoms with Crippen molar-refractivity contribution in [3.8, 4) is 0 Å². The lowest BCUT2D eigenvalue weighted by Gasteiger charge is -2.45. The van der Waals surface area contributed by atoms with Crippen molar-refractivity contribution in [2.45, 2.75) is 76.2 Å². The molecular weight excluding hydrogens is 615 g/mol. The molecule has 1 fully saturated rings. The van der Waals surface area contributed by atoms with Crippen molar-refractivity contribution < 1.29 is 43.9 Å². The van der Waals surface area contributed by atoms with Crippen LogP contribution in [-0.2, 0) is 25.5 Å². The second-order valence-corrected chi connectivity index (χ2v) is 14.1. The highest BCUT2D eigenvalue weighted by molar-refractivity contribution is 7.10. The number of aryl methyl sites for hydroxylation is 1. The van der Waals surface area contributed by atoms with Crippen molar-refractivity contribution in [2.75, 3.05) is 19.7 Å². The smallest absolute Gasteiger partial charge is 0.337 e. The Morgan fingerprint density at radius 3 is 2.35 bits per heavy atom. The molecule has 2 aliphatic heterocycles. The SMILES string of the molecule is CCO[C@H](c1ccccc1)[C@]1(CCc2ccc(F)s2)CCN(C(C)(C)C2=CNC(C)(C(C(=O)O)C(O)(CC(=O)O)C(=O)O)C=C2)C1. The first-order valence-electron chi connectivity index (χ1n) is 15.3. The average Bonchev–Trinajstić information content (AvgIpc) is 3.62. The van der Waals surface area contributed by atoms with E-state index in [1.807, 2.05) is 45.0 Å². The van der Waals surface area contributed by atoms with Crippen LogP contribution in [0.1, 0.15) is 63.5 Å². The fourth-order valence-electron chi connectivity index (χ4n) is 7.03. The maximum Gasteiger partial charge on any atom is 0.337 e. The number of carbonyl (C=O) groups is 3. The van der Waals surface area contributed by atoms with Crippen molar-refractivity contribution in [1.82, 2.24) is 10.2 Å². The number of nitrogens with zero attached hydrogens (tertiary/aromatic N) is 1. The van der Waals surface area contributed by atoms with Crippen LogP contribution in [0.15, 0.2) is 66.4 Å². The van der Waals surface area contributed by atoms with Gasteiger partial charge < -0.3 is 30.5 Å². The predicted octanol–water partition coefficient (Wildman–Crippen LogP) is 4.86. The van der Waals surface area contributed by atoms with Gasteiger partial charge in [0.1, 0.15) is 5.92 Å². The van der Waals surface area contributed by atoms with Gasteiger partial charge in [0, 0.05) is 35.2 Å². The zero-order chi connectivity index (χ0) is 33.9. The van der Waals surface area contributed by atoms with Crippen LogP contribution < -0.4 is 5.32 Å². The minimum absolute atomic E-state index is 0.208. The van der Waals surface area contributed by atoms with Crippen molar-refractivity contribution in [3.63, 3.8) is 0 Å². The molecule has 0 amide bonds. The van der Waals surface area contributed by atoms with E-state index in [1.165, 1.54) is 19.1 Å². The summed E-state index contributed by atoms with van der Waals surface area (Å²) < 4.78 is 20.3. The number of carboxylic acids is 3. The Morgan fingerprint density at radius 1 is 1.13 bits per heavy atom. The second kappa shape index (κ2) is 13.6. The Bertz CT molecular complexity index is 1490. The van der Waals surface area contributed by atoms with Gasteiger partial charge in [-0.15, -0.1) is 11.3 Å². The van der Waals surface area contributed by atoms with Crippen LogP contribution in [0.25, 0.3) is 0 Å². The molecule has 12 heteroatoms. The number of likely N-dealkylation sites (tertiary alicyclic amines) is 1. The molecule has 5 atom stereocenters. The molecule has 0 radical (unpaired) electrons. The van der Waals surface area contributed by atoms with Gasteiger partial charge in [-0.25, -0.2) is 4.79 Å². The maximum atomic E-state index is 13.9. The number of aliphatic carboxylic acids is 3. The van der Waals surface area contributed by atoms with Crippen LogP contribution in [-0.4, -0.2) is 79.6 Å². The number of ether oxygens (including phenoxy) is 1. The van der Waals surface area contributed by atoms with Gasteiger partial charge in [0.2, 0.25) is 0 Å². The van der Waals surface area contributed by atoms with Crippen LogP contribution >= 0.6 is 11.3 Å². The summed E-state index contributed by atoms with van der Waals surface area (Å²) in [4.78, 5) is 39.1.